The summed E-state index contributed by atoms with van der Waals surface area (Å²) in [5, 5.41) is 38.4. The average Bonchev–Trinajstić information content (AvgIpc) is 2.56. The number of nitrogens with zero attached hydrogens (tertiary/aromatic N) is 1. The van der Waals surface area contributed by atoms with Gasteiger partial charge >= 0.3 is 0 Å². The van der Waals surface area contributed by atoms with Crippen LogP contribution in [0, 0.1) is 5.41 Å². The van der Waals surface area contributed by atoms with Crippen LogP contribution in [-0.2, 0) is 4.79 Å². The van der Waals surface area contributed by atoms with Crippen molar-refractivity contribution in [1.82, 2.24) is 0 Å². The number of hydrogen-bond donors (Lipinski definition) is 5. The molecule has 0 bridgehead atoms. The third-order valence-electron chi connectivity index (χ3n) is 3.93. The Bertz CT molecular complexity index is 890. The van der Waals surface area contributed by atoms with Gasteiger partial charge in [0, 0.05) is 11.6 Å². The third-order valence-corrected chi connectivity index (χ3v) is 3.93. The van der Waals surface area contributed by atoms with Gasteiger partial charge < -0.3 is 21.1 Å². The molecule has 0 fully saturated rings. The number of carbonyl (C=O) groups is 1. The SMILES string of the molecule is C=C(c1cc(C(C)C)c(O)cc1O)N(C(=N)C(N)=O)c1ccccc1O. The number of hydrogen-bond acceptors (Lipinski definition) is 5. The van der Waals surface area contributed by atoms with Crippen LogP contribution in [0.3, 0.4) is 0 Å². The van der Waals surface area contributed by atoms with Crippen molar-refractivity contribution in [3.8, 4) is 17.2 Å². The molecule has 0 saturated heterocycles. The number of nitrogens with two attached hydrogens (primary N) is 1. The Morgan fingerprint density at radius 3 is 2.27 bits per heavy atom. The van der Waals surface area contributed by atoms with Crippen molar-refractivity contribution in [1.29, 1.82) is 5.41 Å². The first-order valence-corrected chi connectivity index (χ1v) is 7.86. The summed E-state index contributed by atoms with van der Waals surface area (Å²) in [5.74, 6) is -2.26. The first kappa shape index (κ1) is 18.9. The standard InChI is InChI=1S/C19H21N3O4/c1-10(2)12-8-13(17(25)9-16(12)24)11(3)22(18(20)19(21)26)14-6-4-5-7-15(14)23/h4-10,20,23-25H,3H2,1-2H3,(H2,21,26). The zero-order chi connectivity index (χ0) is 19.6. The van der Waals surface area contributed by atoms with Gasteiger partial charge in [-0.05, 0) is 29.7 Å². The van der Waals surface area contributed by atoms with Crippen LogP contribution in [0.2, 0.25) is 0 Å². The van der Waals surface area contributed by atoms with E-state index in [1.165, 1.54) is 24.3 Å². The van der Waals surface area contributed by atoms with Gasteiger partial charge in [0.1, 0.15) is 17.2 Å². The Balaban J connectivity index is 2.65. The lowest BCUT2D eigenvalue weighted by Crippen LogP contribution is -2.38. The van der Waals surface area contributed by atoms with Crippen LogP contribution in [0.4, 0.5) is 5.69 Å². The van der Waals surface area contributed by atoms with E-state index in [4.69, 9.17) is 11.1 Å². The first-order valence-electron chi connectivity index (χ1n) is 7.86. The molecule has 0 atom stereocenters. The van der Waals surface area contributed by atoms with Crippen LogP contribution in [-0.4, -0.2) is 27.1 Å². The second-order valence-corrected chi connectivity index (χ2v) is 6.07. The fourth-order valence-electron chi connectivity index (χ4n) is 2.57. The molecule has 2 aromatic carbocycles. The molecule has 26 heavy (non-hydrogen) atoms. The molecule has 2 rings (SSSR count). The monoisotopic (exact) mass is 355 g/mol. The number of anilines is 1. The summed E-state index contributed by atoms with van der Waals surface area (Å²) in [4.78, 5) is 12.7. The molecule has 0 saturated carbocycles. The maximum atomic E-state index is 11.6. The zero-order valence-corrected chi connectivity index (χ0v) is 14.5. The molecule has 0 unspecified atom stereocenters. The van der Waals surface area contributed by atoms with E-state index in [1.807, 2.05) is 13.8 Å². The number of primary amides is 1. The summed E-state index contributed by atoms with van der Waals surface area (Å²) < 4.78 is 0. The Morgan fingerprint density at radius 2 is 1.73 bits per heavy atom. The lowest BCUT2D eigenvalue weighted by molar-refractivity contribution is -0.112. The molecule has 7 heteroatoms. The molecule has 6 N–H and O–H groups in total. The fourth-order valence-corrected chi connectivity index (χ4v) is 2.57. The minimum atomic E-state index is -1.03. The van der Waals surface area contributed by atoms with Crippen molar-refractivity contribution in [3.63, 3.8) is 0 Å². The van der Waals surface area contributed by atoms with Crippen LogP contribution in [0.25, 0.3) is 5.70 Å². The predicted molar refractivity (Wildman–Crippen MR) is 100 cm³/mol. The average molecular weight is 355 g/mol. The molecule has 0 spiro atoms. The van der Waals surface area contributed by atoms with Gasteiger partial charge in [0.05, 0.1) is 11.4 Å². The van der Waals surface area contributed by atoms with Crippen LogP contribution >= 0.6 is 0 Å². The van der Waals surface area contributed by atoms with Crippen molar-refractivity contribution in [2.75, 3.05) is 4.90 Å². The van der Waals surface area contributed by atoms with Crippen molar-refractivity contribution in [2.24, 2.45) is 5.73 Å². The number of amides is 1. The van der Waals surface area contributed by atoms with E-state index in [1.54, 1.807) is 12.1 Å². The van der Waals surface area contributed by atoms with Crippen LogP contribution in [0.15, 0.2) is 43.0 Å². The van der Waals surface area contributed by atoms with E-state index in [2.05, 4.69) is 6.58 Å². The van der Waals surface area contributed by atoms with Crippen molar-refractivity contribution < 1.29 is 20.1 Å². The highest BCUT2D eigenvalue weighted by molar-refractivity contribution is 6.44. The topological polar surface area (TPSA) is 131 Å². The van der Waals surface area contributed by atoms with E-state index < -0.39 is 11.7 Å². The van der Waals surface area contributed by atoms with Crippen LogP contribution in [0.1, 0.15) is 30.9 Å². The maximum absolute atomic E-state index is 11.6. The molecule has 0 aliphatic rings. The Kier molecular flexibility index (Phi) is 5.21. The van der Waals surface area contributed by atoms with E-state index in [-0.39, 0.29) is 40.1 Å². The van der Waals surface area contributed by atoms with Gasteiger partial charge in [-0.1, -0.05) is 32.6 Å². The molecule has 0 aliphatic carbocycles. The highest BCUT2D eigenvalue weighted by atomic mass is 16.3. The van der Waals surface area contributed by atoms with Gasteiger partial charge in [-0.15, -0.1) is 0 Å². The number of amidine groups is 1. The van der Waals surface area contributed by atoms with Crippen LogP contribution < -0.4 is 10.6 Å². The maximum Gasteiger partial charge on any atom is 0.284 e. The molecule has 0 heterocycles. The van der Waals surface area contributed by atoms with E-state index >= 15 is 0 Å². The highest BCUT2D eigenvalue weighted by Gasteiger charge is 2.26. The van der Waals surface area contributed by atoms with E-state index in [0.29, 0.717) is 5.56 Å². The van der Waals surface area contributed by atoms with Crippen molar-refractivity contribution in [2.45, 2.75) is 19.8 Å². The number of para-hydroxylation sites is 2. The largest absolute Gasteiger partial charge is 0.508 e. The third kappa shape index (κ3) is 3.46. The minimum Gasteiger partial charge on any atom is -0.508 e. The Hall–Kier alpha value is -3.48. The second-order valence-electron chi connectivity index (χ2n) is 6.07. The molecule has 0 aliphatic heterocycles. The zero-order valence-electron chi connectivity index (χ0n) is 14.5. The minimum absolute atomic E-state index is 0.0451. The smallest absolute Gasteiger partial charge is 0.284 e. The molecule has 0 aromatic heterocycles. The molecular weight excluding hydrogens is 334 g/mol. The van der Waals surface area contributed by atoms with E-state index in [9.17, 15) is 20.1 Å². The second kappa shape index (κ2) is 7.18. The summed E-state index contributed by atoms with van der Waals surface area (Å²) in [6.07, 6.45) is 0. The van der Waals surface area contributed by atoms with Crippen LogP contribution in [0.5, 0.6) is 17.2 Å². The predicted octanol–water partition coefficient (Wildman–Crippen LogP) is 2.87. The first-order chi connectivity index (χ1) is 12.1. The molecule has 2 aromatic rings. The van der Waals surface area contributed by atoms with Gasteiger partial charge in [0.2, 0.25) is 0 Å². The molecule has 0 radical (unpaired) electrons. The number of benzene rings is 2. The number of carbonyl (C=O) groups excluding carboxylic acids is 1. The molecule has 136 valence electrons. The van der Waals surface area contributed by atoms with Gasteiger partial charge in [0.25, 0.3) is 5.91 Å². The van der Waals surface area contributed by atoms with Crippen molar-refractivity contribution >= 4 is 23.1 Å². The fraction of sp³-hybridized carbons (Fsp3) is 0.158. The van der Waals surface area contributed by atoms with Gasteiger partial charge in [0.15, 0.2) is 5.84 Å². The lowest BCUT2D eigenvalue weighted by atomic mass is 9.97. The number of rotatable bonds is 4. The molecular formula is C19H21N3O4. The quantitative estimate of drug-likeness (QED) is 0.425. The normalized spacial score (nSPS) is 10.6. The summed E-state index contributed by atoms with van der Waals surface area (Å²) >= 11 is 0. The number of nitrogens with one attached hydrogen (secondary N) is 1. The highest BCUT2D eigenvalue weighted by Crippen LogP contribution is 2.39. The molecule has 1 amide bonds. The van der Waals surface area contributed by atoms with Crippen molar-refractivity contribution in [3.05, 3.63) is 54.1 Å². The summed E-state index contributed by atoms with van der Waals surface area (Å²) in [6, 6.07) is 8.77. The van der Waals surface area contributed by atoms with Gasteiger partial charge in [-0.2, -0.15) is 0 Å². The van der Waals surface area contributed by atoms with Gasteiger partial charge in [-0.25, -0.2) is 0 Å². The van der Waals surface area contributed by atoms with E-state index in [0.717, 1.165) is 4.90 Å². The lowest BCUT2D eigenvalue weighted by Gasteiger charge is -2.27. The molecule has 7 nitrogen and oxygen atoms in total. The number of aromatic hydroxyl groups is 3. The summed E-state index contributed by atoms with van der Waals surface area (Å²) in [6.45, 7) is 7.59. The summed E-state index contributed by atoms with van der Waals surface area (Å²) in [7, 11) is 0. The Labute approximate surface area is 151 Å². The Morgan fingerprint density at radius 1 is 1.12 bits per heavy atom. The summed E-state index contributed by atoms with van der Waals surface area (Å²) in [5.41, 5.74) is 6.16. The number of phenolic OH excluding ortho intramolecular Hbond substituents is 3. The number of phenols is 3. The van der Waals surface area contributed by atoms with Gasteiger partial charge in [-0.3, -0.25) is 15.1 Å².